The summed E-state index contributed by atoms with van der Waals surface area (Å²) < 4.78 is 0. The standard InChI is InChI=1S/C18H20N6O2/c1-11-3-4-13(12(2)21-11)14-5-6-19-18(22-14)23-7-8-24-15(10-23)17(26)20-9-16(24)25/h3-6,15H,7-10H2,1-2H3,(H,20,26)/t15-/m0/s1. The molecule has 2 fully saturated rings. The number of carbonyl (C=O) groups excluding carboxylic acids is 2. The Morgan fingerprint density at radius 2 is 1.96 bits per heavy atom. The zero-order valence-corrected chi connectivity index (χ0v) is 14.8. The van der Waals surface area contributed by atoms with Gasteiger partial charge < -0.3 is 15.1 Å². The van der Waals surface area contributed by atoms with E-state index in [4.69, 9.17) is 0 Å². The van der Waals surface area contributed by atoms with Crippen LogP contribution in [0.15, 0.2) is 24.4 Å². The quantitative estimate of drug-likeness (QED) is 0.836. The normalized spacial score (nSPS) is 20.0. The number of carbonyl (C=O) groups is 2. The van der Waals surface area contributed by atoms with Crippen molar-refractivity contribution in [3.8, 4) is 11.3 Å². The lowest BCUT2D eigenvalue weighted by atomic mass is 10.1. The maximum atomic E-state index is 12.1. The van der Waals surface area contributed by atoms with Gasteiger partial charge >= 0.3 is 0 Å². The molecule has 8 nitrogen and oxygen atoms in total. The fourth-order valence-electron chi connectivity index (χ4n) is 3.48. The van der Waals surface area contributed by atoms with Crippen LogP contribution < -0.4 is 10.2 Å². The summed E-state index contributed by atoms with van der Waals surface area (Å²) in [5, 5.41) is 2.65. The Morgan fingerprint density at radius 1 is 1.12 bits per heavy atom. The summed E-state index contributed by atoms with van der Waals surface area (Å²) in [6.45, 7) is 5.49. The third-order valence-corrected chi connectivity index (χ3v) is 4.84. The zero-order valence-electron chi connectivity index (χ0n) is 14.8. The molecule has 4 rings (SSSR count). The molecule has 1 atom stereocenters. The average Bonchev–Trinajstić information content (AvgIpc) is 2.65. The van der Waals surface area contributed by atoms with E-state index >= 15 is 0 Å². The molecule has 0 spiro atoms. The van der Waals surface area contributed by atoms with E-state index in [0.717, 1.165) is 22.6 Å². The highest BCUT2D eigenvalue weighted by atomic mass is 16.2. The van der Waals surface area contributed by atoms with Crippen LogP contribution in [0.1, 0.15) is 11.4 Å². The monoisotopic (exact) mass is 352 g/mol. The van der Waals surface area contributed by atoms with Gasteiger partial charge in [0.1, 0.15) is 6.04 Å². The summed E-state index contributed by atoms with van der Waals surface area (Å²) in [5.41, 5.74) is 3.64. The first kappa shape index (κ1) is 16.4. The largest absolute Gasteiger partial charge is 0.345 e. The van der Waals surface area contributed by atoms with Crippen molar-refractivity contribution >= 4 is 17.8 Å². The fraction of sp³-hybridized carbons (Fsp3) is 0.389. The van der Waals surface area contributed by atoms with E-state index in [2.05, 4.69) is 20.3 Å². The number of nitrogens with one attached hydrogen (secondary N) is 1. The van der Waals surface area contributed by atoms with Crippen molar-refractivity contribution in [2.24, 2.45) is 0 Å². The van der Waals surface area contributed by atoms with Gasteiger partial charge in [0.15, 0.2) is 0 Å². The topological polar surface area (TPSA) is 91.3 Å². The third-order valence-electron chi connectivity index (χ3n) is 4.84. The second-order valence-corrected chi connectivity index (χ2v) is 6.59. The summed E-state index contributed by atoms with van der Waals surface area (Å²) in [5.74, 6) is 0.405. The molecule has 26 heavy (non-hydrogen) atoms. The fourth-order valence-corrected chi connectivity index (χ4v) is 3.48. The van der Waals surface area contributed by atoms with Gasteiger partial charge in [0.05, 0.1) is 18.8 Å². The second-order valence-electron chi connectivity index (χ2n) is 6.59. The number of aromatic nitrogens is 3. The van der Waals surface area contributed by atoms with Crippen LogP contribution in [0.5, 0.6) is 0 Å². The molecule has 0 bridgehead atoms. The summed E-state index contributed by atoms with van der Waals surface area (Å²) in [4.78, 5) is 41.3. The number of amides is 2. The smallest absolute Gasteiger partial charge is 0.245 e. The summed E-state index contributed by atoms with van der Waals surface area (Å²) >= 11 is 0. The minimum absolute atomic E-state index is 0.0368. The van der Waals surface area contributed by atoms with Crippen molar-refractivity contribution in [3.05, 3.63) is 35.8 Å². The van der Waals surface area contributed by atoms with Gasteiger partial charge in [-0.05, 0) is 32.0 Å². The summed E-state index contributed by atoms with van der Waals surface area (Å²) in [6.07, 6.45) is 1.72. The SMILES string of the molecule is Cc1ccc(-c2ccnc(N3CCN4C(=O)CNC(=O)[C@@H]4C3)n2)c(C)n1. The number of anilines is 1. The van der Waals surface area contributed by atoms with E-state index in [1.165, 1.54) is 0 Å². The van der Waals surface area contributed by atoms with E-state index in [-0.39, 0.29) is 18.4 Å². The number of hydrogen-bond donors (Lipinski definition) is 1. The predicted octanol–water partition coefficient (Wildman–Crippen LogP) is 0.302. The van der Waals surface area contributed by atoms with Crippen molar-refractivity contribution in [3.63, 3.8) is 0 Å². The van der Waals surface area contributed by atoms with Gasteiger partial charge in [-0.25, -0.2) is 9.97 Å². The molecule has 2 aliphatic heterocycles. The Balaban J connectivity index is 1.61. The van der Waals surface area contributed by atoms with Crippen LogP contribution in [0.3, 0.4) is 0 Å². The van der Waals surface area contributed by atoms with Crippen LogP contribution in [-0.4, -0.2) is 63.9 Å². The van der Waals surface area contributed by atoms with E-state index in [0.29, 0.717) is 25.6 Å². The molecule has 4 heterocycles. The highest BCUT2D eigenvalue weighted by molar-refractivity contribution is 5.95. The van der Waals surface area contributed by atoms with Gasteiger partial charge in [0.25, 0.3) is 0 Å². The van der Waals surface area contributed by atoms with Crippen molar-refractivity contribution in [1.82, 2.24) is 25.2 Å². The number of aryl methyl sites for hydroxylation is 2. The molecule has 0 saturated carbocycles. The number of pyridine rings is 1. The second kappa shape index (κ2) is 6.36. The van der Waals surface area contributed by atoms with E-state index < -0.39 is 6.04 Å². The van der Waals surface area contributed by atoms with E-state index in [1.54, 1.807) is 11.1 Å². The Morgan fingerprint density at radius 3 is 2.77 bits per heavy atom. The first-order valence-electron chi connectivity index (χ1n) is 8.63. The Kier molecular flexibility index (Phi) is 4.02. The van der Waals surface area contributed by atoms with Crippen LogP contribution in [0.25, 0.3) is 11.3 Å². The zero-order chi connectivity index (χ0) is 18.3. The number of fused-ring (bicyclic) bond motifs is 1. The minimum atomic E-state index is -0.486. The molecule has 134 valence electrons. The lowest BCUT2D eigenvalue weighted by Gasteiger charge is -2.42. The first-order valence-corrected chi connectivity index (χ1v) is 8.63. The third kappa shape index (κ3) is 2.87. The van der Waals surface area contributed by atoms with Crippen LogP contribution in [0.4, 0.5) is 5.95 Å². The van der Waals surface area contributed by atoms with E-state index in [9.17, 15) is 9.59 Å². The molecule has 2 saturated heterocycles. The molecular weight excluding hydrogens is 332 g/mol. The molecule has 2 amide bonds. The van der Waals surface area contributed by atoms with Gasteiger partial charge in [-0.3, -0.25) is 14.6 Å². The summed E-state index contributed by atoms with van der Waals surface area (Å²) in [7, 11) is 0. The van der Waals surface area contributed by atoms with Gasteiger partial charge in [0.2, 0.25) is 17.8 Å². The highest BCUT2D eigenvalue weighted by Crippen LogP contribution is 2.23. The molecule has 0 aliphatic carbocycles. The minimum Gasteiger partial charge on any atom is -0.345 e. The molecule has 1 N–H and O–H groups in total. The highest BCUT2D eigenvalue weighted by Gasteiger charge is 2.39. The first-order chi connectivity index (χ1) is 12.5. The maximum absolute atomic E-state index is 12.1. The average molecular weight is 352 g/mol. The van der Waals surface area contributed by atoms with E-state index in [1.807, 2.05) is 36.9 Å². The van der Waals surface area contributed by atoms with Gasteiger partial charge in [0, 0.05) is 36.2 Å². The molecule has 2 aromatic heterocycles. The number of piperazine rings is 2. The lowest BCUT2D eigenvalue weighted by molar-refractivity contribution is -0.146. The molecule has 0 aromatic carbocycles. The number of nitrogens with zero attached hydrogens (tertiary/aromatic N) is 5. The Hall–Kier alpha value is -3.03. The number of hydrogen-bond acceptors (Lipinski definition) is 6. The molecule has 8 heteroatoms. The lowest BCUT2D eigenvalue weighted by Crippen LogP contribution is -2.66. The van der Waals surface area contributed by atoms with Crippen molar-refractivity contribution in [1.29, 1.82) is 0 Å². The van der Waals surface area contributed by atoms with Crippen molar-refractivity contribution < 1.29 is 9.59 Å². The van der Waals surface area contributed by atoms with Gasteiger partial charge in [-0.15, -0.1) is 0 Å². The van der Waals surface area contributed by atoms with Crippen LogP contribution >= 0.6 is 0 Å². The number of rotatable bonds is 2. The molecule has 0 unspecified atom stereocenters. The Labute approximate surface area is 151 Å². The molecular formula is C18H20N6O2. The van der Waals surface area contributed by atoms with Crippen molar-refractivity contribution in [2.45, 2.75) is 19.9 Å². The summed E-state index contributed by atoms with van der Waals surface area (Å²) in [6, 6.07) is 5.34. The van der Waals surface area contributed by atoms with Gasteiger partial charge in [-0.1, -0.05) is 0 Å². The molecule has 2 aromatic rings. The Bertz CT molecular complexity index is 884. The van der Waals surface area contributed by atoms with Crippen molar-refractivity contribution in [2.75, 3.05) is 31.1 Å². The molecule has 0 radical (unpaired) electrons. The molecule has 2 aliphatic rings. The maximum Gasteiger partial charge on any atom is 0.245 e. The van der Waals surface area contributed by atoms with Crippen LogP contribution in [-0.2, 0) is 9.59 Å². The predicted molar refractivity (Wildman–Crippen MR) is 95.5 cm³/mol. The van der Waals surface area contributed by atoms with Crippen LogP contribution in [0, 0.1) is 13.8 Å². The van der Waals surface area contributed by atoms with Gasteiger partial charge in [-0.2, -0.15) is 0 Å². The van der Waals surface area contributed by atoms with Crippen LogP contribution in [0.2, 0.25) is 0 Å².